The molecule has 67 heavy (non-hydrogen) atoms. The summed E-state index contributed by atoms with van der Waals surface area (Å²) in [5.41, 5.74) is 19.6. The predicted molar refractivity (Wildman–Crippen MR) is 273 cm³/mol. The summed E-state index contributed by atoms with van der Waals surface area (Å²) in [6, 6.07) is 87.7. The third kappa shape index (κ3) is 4.65. The van der Waals surface area contributed by atoms with Gasteiger partial charge in [-0.25, -0.2) is 9.97 Å². The monoisotopic (exact) mass is 849 g/mol. The van der Waals surface area contributed by atoms with Crippen LogP contribution in [0.4, 0.5) is 0 Å². The Morgan fingerprint density at radius 2 is 0.776 bits per heavy atom. The van der Waals surface area contributed by atoms with Crippen LogP contribution in [0, 0.1) is 0 Å². The van der Waals surface area contributed by atoms with Crippen molar-refractivity contribution in [2.24, 2.45) is 0 Å². The Hall–Kier alpha value is -8.66. The van der Waals surface area contributed by atoms with Gasteiger partial charge in [0.2, 0.25) is 0 Å². The van der Waals surface area contributed by atoms with Crippen molar-refractivity contribution in [2.45, 2.75) is 10.8 Å². The van der Waals surface area contributed by atoms with Crippen LogP contribution in [0.15, 0.2) is 237 Å². The van der Waals surface area contributed by atoms with Crippen molar-refractivity contribution in [1.29, 1.82) is 0 Å². The molecule has 0 N–H and O–H groups in total. The van der Waals surface area contributed by atoms with Gasteiger partial charge in [0.1, 0.15) is 5.82 Å². The van der Waals surface area contributed by atoms with Gasteiger partial charge in [0.25, 0.3) is 0 Å². The molecular weight excluding hydrogens is 811 g/mol. The molecule has 0 amide bonds. The van der Waals surface area contributed by atoms with E-state index in [-0.39, 0.29) is 0 Å². The topological polar surface area (TPSA) is 30.7 Å². The first-order chi connectivity index (χ1) is 33.2. The van der Waals surface area contributed by atoms with Crippen molar-refractivity contribution in [3.8, 4) is 50.7 Å². The van der Waals surface area contributed by atoms with Crippen LogP contribution in [-0.2, 0) is 10.8 Å². The number of nitrogens with zero attached hydrogens (tertiary/aromatic N) is 3. The van der Waals surface area contributed by atoms with Crippen LogP contribution < -0.4 is 0 Å². The standard InChI is InChI=1S/C64H39N3/c1-3-20-41(21-4-1)58-39-60(66-62(65-58)42-22-5-2-6-23-42)67-59-38-57-56(37-49(59)48-36-35-40-19-7-8-24-43(40)61(48)67)63(50-29-13-9-25-44(50)45-26-10-14-30-51(45)63)54-33-17-18-34-55(54)64(57)52-31-15-11-27-46(52)47-28-12-16-32-53(47)64/h1-39H. The zero-order chi connectivity index (χ0) is 43.8. The summed E-state index contributed by atoms with van der Waals surface area (Å²) in [5, 5.41) is 4.74. The van der Waals surface area contributed by atoms with Gasteiger partial charge in [-0.2, -0.15) is 0 Å². The van der Waals surface area contributed by atoms with E-state index in [0.717, 1.165) is 33.7 Å². The van der Waals surface area contributed by atoms with Crippen molar-refractivity contribution < 1.29 is 0 Å². The average molecular weight is 850 g/mol. The fraction of sp³-hybridized carbons (Fsp3) is 0.0312. The van der Waals surface area contributed by atoms with Crippen LogP contribution in [-0.4, -0.2) is 14.5 Å². The molecule has 2 spiro atoms. The molecule has 0 atom stereocenters. The van der Waals surface area contributed by atoms with E-state index in [1.165, 1.54) is 88.3 Å². The quantitative estimate of drug-likeness (QED) is 0.177. The van der Waals surface area contributed by atoms with Gasteiger partial charge in [0.05, 0.1) is 27.6 Å². The second-order valence-electron chi connectivity index (χ2n) is 18.3. The molecule has 3 heteroatoms. The third-order valence-corrected chi connectivity index (χ3v) is 15.3. The van der Waals surface area contributed by atoms with Crippen LogP contribution in [0.3, 0.4) is 0 Å². The minimum Gasteiger partial charge on any atom is -0.293 e. The maximum absolute atomic E-state index is 5.57. The van der Waals surface area contributed by atoms with Crippen LogP contribution in [0.5, 0.6) is 0 Å². The summed E-state index contributed by atoms with van der Waals surface area (Å²) in [6.45, 7) is 0. The number of hydrogen-bond acceptors (Lipinski definition) is 2. The lowest BCUT2D eigenvalue weighted by Crippen LogP contribution is -2.43. The van der Waals surface area contributed by atoms with Gasteiger partial charge in [-0.1, -0.05) is 218 Å². The zero-order valence-electron chi connectivity index (χ0n) is 36.4. The van der Waals surface area contributed by atoms with E-state index in [0.29, 0.717) is 5.82 Å². The summed E-state index contributed by atoms with van der Waals surface area (Å²) in [6.07, 6.45) is 0. The number of benzene rings is 10. The highest BCUT2D eigenvalue weighted by molar-refractivity contribution is 6.19. The average Bonchev–Trinajstić information content (AvgIpc) is 4.01. The van der Waals surface area contributed by atoms with E-state index in [1.54, 1.807) is 0 Å². The van der Waals surface area contributed by atoms with E-state index in [9.17, 15) is 0 Å². The second kappa shape index (κ2) is 13.4. The fourth-order valence-electron chi connectivity index (χ4n) is 12.8. The summed E-state index contributed by atoms with van der Waals surface area (Å²) in [5.74, 6) is 1.51. The van der Waals surface area contributed by atoms with Gasteiger partial charge in [-0.15, -0.1) is 0 Å². The maximum atomic E-state index is 5.57. The van der Waals surface area contributed by atoms with E-state index >= 15 is 0 Å². The smallest absolute Gasteiger partial charge is 0.162 e. The molecule has 3 aliphatic rings. The lowest BCUT2D eigenvalue weighted by atomic mass is 9.52. The van der Waals surface area contributed by atoms with Crippen LogP contribution in [0.25, 0.3) is 83.3 Å². The molecule has 0 saturated heterocycles. The Balaban J connectivity index is 1.18. The van der Waals surface area contributed by atoms with Crippen molar-refractivity contribution >= 4 is 32.6 Å². The minimum absolute atomic E-state index is 0.605. The molecule has 0 unspecified atom stereocenters. The van der Waals surface area contributed by atoms with Gasteiger partial charge < -0.3 is 0 Å². The summed E-state index contributed by atoms with van der Waals surface area (Å²) in [7, 11) is 0. The highest BCUT2D eigenvalue weighted by Gasteiger charge is 2.59. The lowest BCUT2D eigenvalue weighted by Gasteiger charge is -2.49. The molecule has 3 nitrogen and oxygen atoms in total. The number of rotatable bonds is 3. The van der Waals surface area contributed by atoms with Gasteiger partial charge >= 0.3 is 0 Å². The lowest BCUT2D eigenvalue weighted by molar-refractivity contribution is 0.634. The number of fused-ring (bicyclic) bond motifs is 21. The van der Waals surface area contributed by atoms with E-state index in [1.807, 2.05) is 0 Å². The highest BCUT2D eigenvalue weighted by atomic mass is 15.1. The zero-order valence-corrected chi connectivity index (χ0v) is 36.4. The van der Waals surface area contributed by atoms with Crippen molar-refractivity contribution in [2.75, 3.05) is 0 Å². The number of hydrogen-bond donors (Lipinski definition) is 0. The molecule has 0 saturated carbocycles. The van der Waals surface area contributed by atoms with Crippen LogP contribution in [0.2, 0.25) is 0 Å². The molecule has 2 aromatic heterocycles. The Labute approximate surface area is 388 Å². The van der Waals surface area contributed by atoms with Crippen molar-refractivity contribution in [1.82, 2.24) is 14.5 Å². The second-order valence-corrected chi connectivity index (χ2v) is 18.3. The Kier molecular flexibility index (Phi) is 7.36. The molecular formula is C64H39N3. The Morgan fingerprint density at radius 1 is 0.313 bits per heavy atom. The Morgan fingerprint density at radius 3 is 1.34 bits per heavy atom. The largest absolute Gasteiger partial charge is 0.293 e. The van der Waals surface area contributed by atoms with Crippen molar-refractivity contribution in [3.05, 3.63) is 281 Å². The van der Waals surface area contributed by atoms with Gasteiger partial charge in [-0.3, -0.25) is 4.57 Å². The van der Waals surface area contributed by atoms with E-state index in [2.05, 4.69) is 241 Å². The molecule has 12 aromatic rings. The summed E-state index contributed by atoms with van der Waals surface area (Å²) >= 11 is 0. The SMILES string of the molecule is c1ccc(-c2cc(-n3c4cc5c(cc4c4ccc6ccccc6c43)C3(c4ccccc4-c4ccccc43)c3ccccc3C53c4ccccc4-c4ccccc43)nc(-c3ccccc3)n2)cc1. The fourth-order valence-corrected chi connectivity index (χ4v) is 12.8. The first kappa shape index (κ1) is 36.7. The van der Waals surface area contributed by atoms with Crippen LogP contribution >= 0.6 is 0 Å². The molecule has 3 aliphatic carbocycles. The minimum atomic E-state index is -0.634. The molecule has 0 radical (unpaired) electrons. The Bertz CT molecular complexity index is 3900. The molecule has 10 aromatic carbocycles. The number of aromatic nitrogens is 3. The first-order valence-electron chi connectivity index (χ1n) is 23.2. The van der Waals surface area contributed by atoms with E-state index in [4.69, 9.17) is 9.97 Å². The van der Waals surface area contributed by atoms with Gasteiger partial charge in [0.15, 0.2) is 5.82 Å². The molecule has 15 rings (SSSR count). The van der Waals surface area contributed by atoms with Gasteiger partial charge in [0, 0.05) is 33.4 Å². The third-order valence-electron chi connectivity index (χ3n) is 15.3. The maximum Gasteiger partial charge on any atom is 0.162 e. The molecule has 0 fully saturated rings. The summed E-state index contributed by atoms with van der Waals surface area (Å²) in [4.78, 5) is 10.8. The highest BCUT2D eigenvalue weighted by Crippen LogP contribution is 2.68. The molecule has 0 bridgehead atoms. The van der Waals surface area contributed by atoms with Gasteiger partial charge in [-0.05, 0) is 84.3 Å². The van der Waals surface area contributed by atoms with E-state index < -0.39 is 10.8 Å². The molecule has 0 aliphatic heterocycles. The molecule has 2 heterocycles. The van der Waals surface area contributed by atoms with Crippen LogP contribution in [0.1, 0.15) is 44.5 Å². The predicted octanol–water partition coefficient (Wildman–Crippen LogP) is 15.1. The van der Waals surface area contributed by atoms with Crippen molar-refractivity contribution in [3.63, 3.8) is 0 Å². The molecule has 310 valence electrons. The first-order valence-corrected chi connectivity index (χ1v) is 23.2. The normalized spacial score (nSPS) is 14.2. The summed E-state index contributed by atoms with van der Waals surface area (Å²) < 4.78 is 2.46.